The molecular formula is C27H30N2O8. The third-order valence-electron chi connectivity index (χ3n) is 6.34. The molecule has 2 aromatic carbocycles. The summed E-state index contributed by atoms with van der Waals surface area (Å²) in [6.45, 7) is 2.11. The average Bonchev–Trinajstić information content (AvgIpc) is 2.93. The summed E-state index contributed by atoms with van der Waals surface area (Å²) in [4.78, 5) is 53.8. The number of fused-ring (bicyclic) bond motifs is 1. The van der Waals surface area contributed by atoms with E-state index >= 15 is 0 Å². The molecule has 0 radical (unpaired) electrons. The van der Waals surface area contributed by atoms with E-state index in [0.717, 1.165) is 0 Å². The Bertz CT molecular complexity index is 1180. The van der Waals surface area contributed by atoms with Crippen LogP contribution in [0.1, 0.15) is 30.1 Å². The first-order valence-electron chi connectivity index (χ1n) is 12.2. The highest BCUT2D eigenvalue weighted by Gasteiger charge is 2.33. The van der Waals surface area contributed by atoms with Gasteiger partial charge in [-0.3, -0.25) is 24.1 Å². The van der Waals surface area contributed by atoms with Crippen LogP contribution in [0.3, 0.4) is 0 Å². The number of piperidine rings is 1. The molecule has 2 aromatic rings. The number of esters is 1. The molecule has 2 aliphatic heterocycles. The van der Waals surface area contributed by atoms with Crippen LogP contribution in [0.4, 0.5) is 5.69 Å². The molecule has 4 rings (SSSR count). The van der Waals surface area contributed by atoms with Crippen molar-refractivity contribution >= 4 is 29.3 Å². The summed E-state index contributed by atoms with van der Waals surface area (Å²) in [6.07, 6.45) is 1.33. The lowest BCUT2D eigenvalue weighted by Crippen LogP contribution is -2.49. The zero-order chi connectivity index (χ0) is 26.4. The molecule has 1 atom stereocenters. The molecule has 196 valence electrons. The number of hydrogen-bond donors (Lipinski definition) is 0. The Hall–Kier alpha value is -4.08. The lowest BCUT2D eigenvalue weighted by molar-refractivity contribution is -0.151. The first kappa shape index (κ1) is 26.0. The highest BCUT2D eigenvalue weighted by Crippen LogP contribution is 2.34. The summed E-state index contributed by atoms with van der Waals surface area (Å²) in [6, 6.07) is 11.7. The molecular weight excluding hydrogens is 480 g/mol. The molecule has 0 spiro atoms. The topological polar surface area (TPSA) is 112 Å². The van der Waals surface area contributed by atoms with Crippen LogP contribution in [-0.4, -0.2) is 75.0 Å². The van der Waals surface area contributed by atoms with Crippen molar-refractivity contribution in [1.29, 1.82) is 0 Å². The molecule has 2 amide bonds. The Morgan fingerprint density at radius 2 is 1.89 bits per heavy atom. The monoisotopic (exact) mass is 510 g/mol. The maximum atomic E-state index is 13.1. The third-order valence-corrected chi connectivity index (χ3v) is 6.34. The fraction of sp³-hybridized carbons (Fsp3) is 0.407. The number of ether oxygens (including phenoxy) is 4. The summed E-state index contributed by atoms with van der Waals surface area (Å²) in [5.74, 6) is -0.342. The van der Waals surface area contributed by atoms with Crippen LogP contribution >= 0.6 is 0 Å². The van der Waals surface area contributed by atoms with Crippen LogP contribution in [0.2, 0.25) is 0 Å². The number of nitrogens with zero attached hydrogens (tertiary/aromatic N) is 2. The molecule has 37 heavy (non-hydrogen) atoms. The van der Waals surface area contributed by atoms with Gasteiger partial charge in [-0.15, -0.1) is 0 Å². The number of carbonyl (C=O) groups is 4. The molecule has 10 heteroatoms. The van der Waals surface area contributed by atoms with Gasteiger partial charge in [0.05, 0.1) is 25.3 Å². The fourth-order valence-corrected chi connectivity index (χ4v) is 4.41. The van der Waals surface area contributed by atoms with Gasteiger partial charge in [-0.05, 0) is 50.1 Å². The van der Waals surface area contributed by atoms with Gasteiger partial charge in [-0.1, -0.05) is 12.1 Å². The lowest BCUT2D eigenvalue weighted by Gasteiger charge is -2.34. The molecule has 1 saturated heterocycles. The predicted octanol–water partition coefficient (Wildman–Crippen LogP) is 2.48. The van der Waals surface area contributed by atoms with Gasteiger partial charge in [0.15, 0.2) is 30.5 Å². The number of anilines is 1. The second-order valence-corrected chi connectivity index (χ2v) is 8.74. The molecule has 0 aromatic heterocycles. The number of carbonyl (C=O) groups excluding carboxylic acids is 4. The summed E-state index contributed by atoms with van der Waals surface area (Å²) in [7, 11) is 1.52. The first-order valence-corrected chi connectivity index (χ1v) is 12.2. The number of methoxy groups -OCH3 is 1. The van der Waals surface area contributed by atoms with Crippen molar-refractivity contribution in [3.05, 3.63) is 48.0 Å². The normalized spacial score (nSPS) is 16.9. The van der Waals surface area contributed by atoms with E-state index in [1.54, 1.807) is 48.2 Å². The minimum atomic E-state index is -0.394. The Kier molecular flexibility index (Phi) is 8.27. The molecule has 0 N–H and O–H groups in total. The van der Waals surface area contributed by atoms with Crippen LogP contribution in [0.5, 0.6) is 17.2 Å². The maximum Gasteiger partial charge on any atom is 0.310 e. The van der Waals surface area contributed by atoms with Crippen LogP contribution in [0.15, 0.2) is 42.5 Å². The number of benzene rings is 2. The number of Topliss-reactive ketones (excluding diaryl/α,β-unsaturated/α-hetero) is 1. The van der Waals surface area contributed by atoms with Gasteiger partial charge in [-0.2, -0.15) is 0 Å². The number of hydrogen-bond acceptors (Lipinski definition) is 8. The smallest absolute Gasteiger partial charge is 0.310 e. The second-order valence-electron chi connectivity index (χ2n) is 8.74. The van der Waals surface area contributed by atoms with Crippen molar-refractivity contribution in [3.63, 3.8) is 0 Å². The summed E-state index contributed by atoms with van der Waals surface area (Å²) in [5, 5.41) is 0. The minimum Gasteiger partial charge on any atom is -0.493 e. The van der Waals surface area contributed by atoms with E-state index in [1.165, 1.54) is 18.1 Å². The van der Waals surface area contributed by atoms with E-state index in [9.17, 15) is 19.2 Å². The van der Waals surface area contributed by atoms with E-state index in [1.807, 2.05) is 0 Å². The number of likely N-dealkylation sites (tertiary alicyclic amines) is 1. The van der Waals surface area contributed by atoms with E-state index in [2.05, 4.69) is 0 Å². The van der Waals surface area contributed by atoms with Gasteiger partial charge in [0.25, 0.3) is 5.91 Å². The zero-order valence-electron chi connectivity index (χ0n) is 20.9. The second kappa shape index (κ2) is 11.8. The van der Waals surface area contributed by atoms with Crippen LogP contribution in [0, 0.1) is 5.92 Å². The van der Waals surface area contributed by atoms with Gasteiger partial charge >= 0.3 is 5.97 Å². The van der Waals surface area contributed by atoms with Crippen LogP contribution in [0.25, 0.3) is 0 Å². The van der Waals surface area contributed by atoms with E-state index in [4.69, 9.17) is 18.9 Å². The zero-order valence-corrected chi connectivity index (χ0v) is 20.9. The number of amides is 2. The Balaban J connectivity index is 1.46. The van der Waals surface area contributed by atoms with Crippen molar-refractivity contribution in [3.8, 4) is 17.2 Å². The van der Waals surface area contributed by atoms with Gasteiger partial charge in [0.1, 0.15) is 12.3 Å². The number of rotatable bonds is 9. The highest BCUT2D eigenvalue weighted by atomic mass is 16.5. The Labute approximate surface area is 215 Å². The van der Waals surface area contributed by atoms with Crippen molar-refractivity contribution in [2.45, 2.75) is 19.8 Å². The summed E-state index contributed by atoms with van der Waals surface area (Å²) >= 11 is 0. The van der Waals surface area contributed by atoms with E-state index in [-0.39, 0.29) is 56.5 Å². The molecule has 2 heterocycles. The molecule has 10 nitrogen and oxygen atoms in total. The molecule has 0 saturated carbocycles. The lowest BCUT2D eigenvalue weighted by atomic mass is 9.98. The molecule has 0 bridgehead atoms. The van der Waals surface area contributed by atoms with Gasteiger partial charge in [0.2, 0.25) is 5.91 Å². The molecule has 2 aliphatic rings. The molecule has 1 fully saturated rings. The van der Waals surface area contributed by atoms with Crippen molar-refractivity contribution in [2.75, 3.05) is 51.5 Å². The van der Waals surface area contributed by atoms with Crippen LogP contribution in [-0.2, 0) is 19.1 Å². The molecule has 0 unspecified atom stereocenters. The first-order chi connectivity index (χ1) is 17.9. The van der Waals surface area contributed by atoms with Crippen LogP contribution < -0.4 is 19.1 Å². The van der Waals surface area contributed by atoms with Crippen molar-refractivity contribution < 1.29 is 38.1 Å². The SMILES string of the molecule is CCOC(=O)[C@@H]1CCCN(C(=O)CN2C(=O)COc3ccc(C(=O)COc4ccccc4OC)cc32)C1. The third kappa shape index (κ3) is 6.02. The fourth-order valence-electron chi connectivity index (χ4n) is 4.41. The minimum absolute atomic E-state index is 0.212. The number of para-hydroxylation sites is 2. The summed E-state index contributed by atoms with van der Waals surface area (Å²) in [5.41, 5.74) is 0.649. The van der Waals surface area contributed by atoms with Gasteiger partial charge in [0, 0.05) is 18.7 Å². The standard InChI is InChI=1S/C27H30N2O8/c1-3-35-27(33)19-7-6-12-28(14-19)25(31)15-29-20-13-18(10-11-22(20)37-17-26(29)32)21(30)16-36-24-9-5-4-8-23(24)34-2/h4-5,8-11,13,19H,3,6-7,12,14-17H2,1-2H3/t19-/m1/s1. The predicted molar refractivity (Wildman–Crippen MR) is 133 cm³/mol. The number of ketones is 1. The largest absolute Gasteiger partial charge is 0.493 e. The quantitative estimate of drug-likeness (QED) is 0.374. The van der Waals surface area contributed by atoms with E-state index in [0.29, 0.717) is 47.9 Å². The maximum absolute atomic E-state index is 13.1. The van der Waals surface area contributed by atoms with Crippen molar-refractivity contribution in [2.24, 2.45) is 5.92 Å². The van der Waals surface area contributed by atoms with Gasteiger partial charge < -0.3 is 23.8 Å². The Morgan fingerprint density at radius 1 is 1.11 bits per heavy atom. The molecule has 0 aliphatic carbocycles. The Morgan fingerprint density at radius 3 is 2.65 bits per heavy atom. The van der Waals surface area contributed by atoms with Crippen molar-refractivity contribution in [1.82, 2.24) is 4.90 Å². The van der Waals surface area contributed by atoms with Gasteiger partial charge in [-0.25, -0.2) is 0 Å². The highest BCUT2D eigenvalue weighted by molar-refractivity contribution is 6.04. The van der Waals surface area contributed by atoms with E-state index < -0.39 is 5.91 Å². The summed E-state index contributed by atoms with van der Waals surface area (Å²) < 4.78 is 21.5. The average molecular weight is 511 g/mol.